The fraction of sp³-hybridized carbons (Fsp3) is 0.308. The summed E-state index contributed by atoms with van der Waals surface area (Å²) in [6.45, 7) is 8.83. The standard InChI is InChI=1S/C26H30N4O4S/c1-16-10-18(12-20(31)11-16)23-9-8-22(24(28-23)30-15-17(2)14-26(30,3)4)25(32)29-35(33,34)21-7-5-6-19(27)13-21/h5-13,17,31H,14-15,27H2,1-4H3,(H,29,32)/t17-/m0/s1. The van der Waals surface area contributed by atoms with Crippen LogP contribution in [0, 0.1) is 12.8 Å². The highest BCUT2D eigenvalue weighted by Gasteiger charge is 2.39. The average Bonchev–Trinajstić information content (AvgIpc) is 3.04. The largest absolute Gasteiger partial charge is 0.508 e. The monoisotopic (exact) mass is 494 g/mol. The maximum Gasteiger partial charge on any atom is 0.268 e. The number of benzene rings is 2. The Morgan fingerprint density at radius 2 is 1.91 bits per heavy atom. The van der Waals surface area contributed by atoms with Crippen molar-refractivity contribution >= 4 is 27.4 Å². The van der Waals surface area contributed by atoms with Crippen molar-refractivity contribution in [3.05, 3.63) is 65.7 Å². The van der Waals surface area contributed by atoms with Crippen LogP contribution in [0.4, 0.5) is 11.5 Å². The second-order valence-electron chi connectivity index (χ2n) is 9.86. The van der Waals surface area contributed by atoms with Crippen LogP contribution in [0.2, 0.25) is 0 Å². The van der Waals surface area contributed by atoms with Gasteiger partial charge >= 0.3 is 0 Å². The third-order valence-corrected chi connectivity index (χ3v) is 7.53. The molecule has 1 aliphatic rings. The lowest BCUT2D eigenvalue weighted by atomic mass is 9.97. The number of nitrogen functional groups attached to an aromatic ring is 1. The molecule has 8 nitrogen and oxygen atoms in total. The summed E-state index contributed by atoms with van der Waals surface area (Å²) in [5, 5.41) is 10.1. The number of rotatable bonds is 5. The van der Waals surface area contributed by atoms with E-state index in [0.29, 0.717) is 29.5 Å². The average molecular weight is 495 g/mol. The van der Waals surface area contributed by atoms with Gasteiger partial charge in [0.25, 0.3) is 15.9 Å². The molecule has 9 heteroatoms. The van der Waals surface area contributed by atoms with Gasteiger partial charge in [-0.1, -0.05) is 13.0 Å². The normalized spacial score (nSPS) is 17.4. The molecule has 4 rings (SSSR count). The van der Waals surface area contributed by atoms with Gasteiger partial charge in [-0.2, -0.15) is 0 Å². The Bertz CT molecular complexity index is 1380. The summed E-state index contributed by atoms with van der Waals surface area (Å²) in [4.78, 5) is 20.1. The van der Waals surface area contributed by atoms with Crippen LogP contribution in [0.25, 0.3) is 11.3 Å². The molecule has 0 radical (unpaired) electrons. The first-order valence-electron chi connectivity index (χ1n) is 11.4. The Kier molecular flexibility index (Phi) is 6.23. The molecule has 1 atom stereocenters. The van der Waals surface area contributed by atoms with E-state index < -0.39 is 15.9 Å². The molecular formula is C26H30N4O4S. The highest BCUT2D eigenvalue weighted by Crippen LogP contribution is 2.38. The zero-order chi connectivity index (χ0) is 25.5. The fourth-order valence-corrected chi connectivity index (χ4v) is 5.80. The Morgan fingerprint density at radius 3 is 2.54 bits per heavy atom. The van der Waals surface area contributed by atoms with Gasteiger partial charge in [-0.15, -0.1) is 0 Å². The maximum atomic E-state index is 13.3. The number of aryl methyl sites for hydroxylation is 1. The van der Waals surface area contributed by atoms with E-state index in [2.05, 4.69) is 30.4 Å². The van der Waals surface area contributed by atoms with Crippen molar-refractivity contribution < 1.29 is 18.3 Å². The van der Waals surface area contributed by atoms with Crippen LogP contribution in [0.15, 0.2) is 59.5 Å². The lowest BCUT2D eigenvalue weighted by molar-refractivity contribution is 0.0981. The van der Waals surface area contributed by atoms with Gasteiger partial charge in [0.05, 0.1) is 16.2 Å². The molecule has 1 amide bonds. The van der Waals surface area contributed by atoms with Crippen molar-refractivity contribution in [2.75, 3.05) is 17.2 Å². The predicted octanol–water partition coefficient (Wildman–Crippen LogP) is 4.09. The number of hydrogen-bond acceptors (Lipinski definition) is 7. The number of phenols is 1. The first-order valence-corrected chi connectivity index (χ1v) is 12.9. The van der Waals surface area contributed by atoms with Crippen LogP contribution in [0.1, 0.15) is 43.1 Å². The molecule has 35 heavy (non-hydrogen) atoms. The van der Waals surface area contributed by atoms with Gasteiger partial charge in [0.1, 0.15) is 11.6 Å². The van der Waals surface area contributed by atoms with Crippen LogP contribution in [-0.2, 0) is 10.0 Å². The van der Waals surface area contributed by atoms with Crippen molar-refractivity contribution in [1.82, 2.24) is 9.71 Å². The van der Waals surface area contributed by atoms with Crippen LogP contribution < -0.4 is 15.4 Å². The van der Waals surface area contributed by atoms with Crippen molar-refractivity contribution in [2.45, 2.75) is 44.6 Å². The fourth-order valence-electron chi connectivity index (χ4n) is 4.78. The molecule has 0 aliphatic carbocycles. The second kappa shape index (κ2) is 8.88. The lowest BCUT2D eigenvalue weighted by Crippen LogP contribution is -2.41. The van der Waals surface area contributed by atoms with E-state index in [4.69, 9.17) is 10.7 Å². The third-order valence-electron chi connectivity index (χ3n) is 6.20. The van der Waals surface area contributed by atoms with Gasteiger partial charge in [-0.25, -0.2) is 18.1 Å². The lowest BCUT2D eigenvalue weighted by Gasteiger charge is -2.34. The number of sulfonamides is 1. The van der Waals surface area contributed by atoms with E-state index in [0.717, 1.165) is 12.0 Å². The number of anilines is 2. The van der Waals surface area contributed by atoms with Crippen LogP contribution in [0.3, 0.4) is 0 Å². The zero-order valence-corrected chi connectivity index (χ0v) is 21.1. The second-order valence-corrected chi connectivity index (χ2v) is 11.5. The Morgan fingerprint density at radius 1 is 1.17 bits per heavy atom. The highest BCUT2D eigenvalue weighted by atomic mass is 32.2. The number of carbonyl (C=O) groups excluding carboxylic acids is 1. The molecule has 184 valence electrons. The van der Waals surface area contributed by atoms with E-state index in [9.17, 15) is 18.3 Å². The maximum absolute atomic E-state index is 13.3. The number of carbonyl (C=O) groups is 1. The summed E-state index contributed by atoms with van der Waals surface area (Å²) in [5.41, 5.74) is 8.01. The number of aromatic nitrogens is 1. The molecule has 2 aromatic carbocycles. The number of nitrogens with two attached hydrogens (primary N) is 1. The van der Waals surface area contributed by atoms with E-state index in [1.54, 1.807) is 30.3 Å². The highest BCUT2D eigenvalue weighted by molar-refractivity contribution is 7.90. The molecule has 0 unspecified atom stereocenters. The zero-order valence-electron chi connectivity index (χ0n) is 20.2. The third kappa shape index (κ3) is 5.09. The number of aromatic hydroxyl groups is 1. The number of hydrogen-bond donors (Lipinski definition) is 3. The molecule has 2 heterocycles. The first-order chi connectivity index (χ1) is 16.4. The van der Waals surface area contributed by atoms with E-state index in [1.165, 1.54) is 18.2 Å². The summed E-state index contributed by atoms with van der Waals surface area (Å²) in [5.74, 6) is 0.112. The number of nitrogens with one attached hydrogen (secondary N) is 1. The van der Waals surface area contributed by atoms with Crippen molar-refractivity contribution in [2.24, 2.45) is 5.92 Å². The molecule has 3 aromatic rings. The van der Waals surface area contributed by atoms with E-state index in [-0.39, 0.29) is 27.4 Å². The minimum absolute atomic E-state index is 0.0951. The first kappa shape index (κ1) is 24.5. The van der Waals surface area contributed by atoms with Gasteiger partial charge < -0.3 is 15.7 Å². The van der Waals surface area contributed by atoms with Crippen molar-refractivity contribution in [1.29, 1.82) is 0 Å². The van der Waals surface area contributed by atoms with Gasteiger partial charge in [0, 0.05) is 23.3 Å². The minimum Gasteiger partial charge on any atom is -0.508 e. The van der Waals surface area contributed by atoms with E-state index in [1.807, 2.05) is 13.0 Å². The number of amides is 1. The molecule has 1 aliphatic heterocycles. The Balaban J connectivity index is 1.79. The smallest absolute Gasteiger partial charge is 0.268 e. The molecule has 1 aromatic heterocycles. The Labute approximate surface area is 205 Å². The topological polar surface area (TPSA) is 126 Å². The number of pyridine rings is 1. The molecule has 0 bridgehead atoms. The quantitative estimate of drug-likeness (QED) is 0.456. The predicted molar refractivity (Wildman–Crippen MR) is 137 cm³/mol. The van der Waals surface area contributed by atoms with Gasteiger partial charge in [-0.3, -0.25) is 4.79 Å². The summed E-state index contributed by atoms with van der Waals surface area (Å²) < 4.78 is 28.0. The molecule has 4 N–H and O–H groups in total. The van der Waals surface area contributed by atoms with Gasteiger partial charge in [0.15, 0.2) is 0 Å². The summed E-state index contributed by atoms with van der Waals surface area (Å²) in [6, 6.07) is 14.2. The minimum atomic E-state index is -4.14. The van der Waals surface area contributed by atoms with Gasteiger partial charge in [-0.05, 0) is 87.2 Å². The summed E-state index contributed by atoms with van der Waals surface area (Å²) >= 11 is 0. The molecule has 0 spiro atoms. The number of nitrogens with zero attached hydrogens (tertiary/aromatic N) is 2. The van der Waals surface area contributed by atoms with Crippen molar-refractivity contribution in [3.8, 4) is 17.0 Å². The van der Waals surface area contributed by atoms with Crippen LogP contribution in [-0.4, -0.2) is 36.5 Å². The van der Waals surface area contributed by atoms with Crippen LogP contribution in [0.5, 0.6) is 5.75 Å². The molecule has 0 saturated carbocycles. The van der Waals surface area contributed by atoms with Crippen molar-refractivity contribution in [3.63, 3.8) is 0 Å². The summed E-state index contributed by atoms with van der Waals surface area (Å²) in [7, 11) is -4.14. The number of phenolic OH excluding ortho intramolecular Hbond substituents is 1. The molecule has 1 fully saturated rings. The molecular weight excluding hydrogens is 464 g/mol. The van der Waals surface area contributed by atoms with E-state index >= 15 is 0 Å². The summed E-state index contributed by atoms with van der Waals surface area (Å²) in [6.07, 6.45) is 0.896. The van der Waals surface area contributed by atoms with Gasteiger partial charge in [0.2, 0.25) is 0 Å². The molecule has 1 saturated heterocycles. The Hall–Kier alpha value is -3.59. The van der Waals surface area contributed by atoms with Crippen LogP contribution >= 0.6 is 0 Å². The SMILES string of the molecule is Cc1cc(O)cc(-c2ccc(C(=O)NS(=O)(=O)c3cccc(N)c3)c(N3C[C@@H](C)CC3(C)C)n2)c1.